The highest BCUT2D eigenvalue weighted by atomic mass is 16.5. The Bertz CT molecular complexity index is 708. The summed E-state index contributed by atoms with van der Waals surface area (Å²) in [7, 11) is 0. The number of phenolic OH excluding ortho intramolecular Hbond substituents is 1. The highest BCUT2D eigenvalue weighted by Gasteiger charge is 2.11. The molecule has 0 radical (unpaired) electrons. The van der Waals surface area contributed by atoms with E-state index < -0.39 is 0 Å². The Labute approximate surface area is 109 Å². The number of hydrogen-bond acceptors (Lipinski definition) is 5. The van der Waals surface area contributed by atoms with Crippen molar-refractivity contribution < 1.29 is 9.63 Å². The molecule has 3 aromatic rings. The fourth-order valence-corrected chi connectivity index (χ4v) is 1.72. The SMILES string of the molecule is Nc1ccc(-c2nc(-c3ccccc3)no2)cc1O. The van der Waals surface area contributed by atoms with Crippen LogP contribution in [0.5, 0.6) is 5.75 Å². The molecule has 5 nitrogen and oxygen atoms in total. The van der Waals surface area contributed by atoms with Crippen LogP contribution in [0.3, 0.4) is 0 Å². The maximum absolute atomic E-state index is 9.57. The summed E-state index contributed by atoms with van der Waals surface area (Å²) >= 11 is 0. The first kappa shape index (κ1) is 11.3. The van der Waals surface area contributed by atoms with Crippen LogP contribution in [0.4, 0.5) is 5.69 Å². The number of nitrogens with zero attached hydrogens (tertiary/aromatic N) is 2. The van der Waals surface area contributed by atoms with Gasteiger partial charge in [0.05, 0.1) is 5.69 Å². The normalized spacial score (nSPS) is 10.5. The van der Waals surface area contributed by atoms with Crippen molar-refractivity contribution in [2.24, 2.45) is 0 Å². The maximum atomic E-state index is 9.57. The van der Waals surface area contributed by atoms with Crippen molar-refractivity contribution in [3.63, 3.8) is 0 Å². The van der Waals surface area contributed by atoms with Crippen molar-refractivity contribution in [2.75, 3.05) is 5.73 Å². The minimum Gasteiger partial charge on any atom is -0.506 e. The summed E-state index contributed by atoms with van der Waals surface area (Å²) in [6.07, 6.45) is 0. The van der Waals surface area contributed by atoms with Gasteiger partial charge >= 0.3 is 0 Å². The molecule has 0 aliphatic carbocycles. The first-order valence-corrected chi connectivity index (χ1v) is 5.72. The van der Waals surface area contributed by atoms with Crippen LogP contribution in [0.15, 0.2) is 53.1 Å². The van der Waals surface area contributed by atoms with Crippen molar-refractivity contribution in [2.45, 2.75) is 0 Å². The van der Waals surface area contributed by atoms with E-state index in [0.29, 0.717) is 23.0 Å². The van der Waals surface area contributed by atoms with Gasteiger partial charge in [-0.25, -0.2) is 0 Å². The number of rotatable bonds is 2. The molecule has 5 heteroatoms. The third-order valence-corrected chi connectivity index (χ3v) is 2.74. The van der Waals surface area contributed by atoms with E-state index in [2.05, 4.69) is 10.1 Å². The Morgan fingerprint density at radius 2 is 1.79 bits per heavy atom. The van der Waals surface area contributed by atoms with Crippen molar-refractivity contribution >= 4 is 5.69 Å². The monoisotopic (exact) mass is 253 g/mol. The summed E-state index contributed by atoms with van der Waals surface area (Å²) in [6, 6.07) is 14.3. The van der Waals surface area contributed by atoms with Gasteiger partial charge in [-0.3, -0.25) is 0 Å². The van der Waals surface area contributed by atoms with Crippen LogP contribution >= 0.6 is 0 Å². The zero-order valence-corrected chi connectivity index (χ0v) is 9.95. The largest absolute Gasteiger partial charge is 0.506 e. The molecule has 0 saturated heterocycles. The number of anilines is 1. The predicted molar refractivity (Wildman–Crippen MR) is 71.2 cm³/mol. The van der Waals surface area contributed by atoms with E-state index in [0.717, 1.165) is 5.56 Å². The lowest BCUT2D eigenvalue weighted by molar-refractivity contribution is 0.431. The molecule has 3 N–H and O–H groups in total. The van der Waals surface area contributed by atoms with Gasteiger partial charge in [0.25, 0.3) is 5.89 Å². The van der Waals surface area contributed by atoms with Crippen LogP contribution in [0, 0.1) is 0 Å². The number of aromatic hydroxyl groups is 1. The van der Waals surface area contributed by atoms with Crippen molar-refractivity contribution in [1.82, 2.24) is 10.1 Å². The second-order valence-corrected chi connectivity index (χ2v) is 4.06. The zero-order chi connectivity index (χ0) is 13.2. The Hall–Kier alpha value is -2.82. The quantitative estimate of drug-likeness (QED) is 0.541. The van der Waals surface area contributed by atoms with Gasteiger partial charge in [-0.1, -0.05) is 35.5 Å². The third kappa shape index (κ3) is 2.13. The average Bonchev–Trinajstić information content (AvgIpc) is 2.93. The van der Waals surface area contributed by atoms with E-state index in [1.165, 1.54) is 6.07 Å². The number of aromatic nitrogens is 2. The van der Waals surface area contributed by atoms with Gasteiger partial charge in [-0.15, -0.1) is 0 Å². The number of nitrogen functional groups attached to an aromatic ring is 1. The van der Waals surface area contributed by atoms with Gasteiger partial charge in [0.15, 0.2) is 0 Å². The number of hydrogen-bond donors (Lipinski definition) is 2. The highest BCUT2D eigenvalue weighted by Crippen LogP contribution is 2.28. The Morgan fingerprint density at radius 3 is 2.53 bits per heavy atom. The van der Waals surface area contributed by atoms with Gasteiger partial charge in [-0.05, 0) is 18.2 Å². The summed E-state index contributed by atoms with van der Waals surface area (Å²) in [4.78, 5) is 4.29. The molecule has 1 aromatic heterocycles. The summed E-state index contributed by atoms with van der Waals surface area (Å²) in [5.41, 5.74) is 7.36. The molecule has 19 heavy (non-hydrogen) atoms. The summed E-state index contributed by atoms with van der Waals surface area (Å²) < 4.78 is 5.19. The van der Waals surface area contributed by atoms with Crippen LogP contribution in [0.25, 0.3) is 22.8 Å². The smallest absolute Gasteiger partial charge is 0.258 e. The van der Waals surface area contributed by atoms with E-state index in [1.807, 2.05) is 30.3 Å². The fraction of sp³-hybridized carbons (Fsp3) is 0. The van der Waals surface area contributed by atoms with E-state index in [9.17, 15) is 5.11 Å². The average molecular weight is 253 g/mol. The van der Waals surface area contributed by atoms with Crippen LogP contribution < -0.4 is 5.73 Å². The molecule has 3 rings (SSSR count). The van der Waals surface area contributed by atoms with Gasteiger partial charge in [-0.2, -0.15) is 4.98 Å². The first-order valence-electron chi connectivity index (χ1n) is 5.72. The molecule has 0 atom stereocenters. The number of benzene rings is 2. The van der Waals surface area contributed by atoms with E-state index >= 15 is 0 Å². The molecule has 2 aromatic carbocycles. The Balaban J connectivity index is 1.99. The minimum absolute atomic E-state index is 0.00281. The molecule has 94 valence electrons. The van der Waals surface area contributed by atoms with Crippen LogP contribution in [0.1, 0.15) is 0 Å². The van der Waals surface area contributed by atoms with Crippen molar-refractivity contribution in [3.05, 3.63) is 48.5 Å². The highest BCUT2D eigenvalue weighted by molar-refractivity contribution is 5.65. The summed E-state index contributed by atoms with van der Waals surface area (Å²) in [6.45, 7) is 0. The molecule has 1 heterocycles. The lowest BCUT2D eigenvalue weighted by Gasteiger charge is -1.99. The van der Waals surface area contributed by atoms with Gasteiger partial charge in [0.2, 0.25) is 5.82 Å². The van der Waals surface area contributed by atoms with E-state index in [1.54, 1.807) is 12.1 Å². The second kappa shape index (κ2) is 4.45. The molecule has 0 aliphatic rings. The Morgan fingerprint density at radius 1 is 1.00 bits per heavy atom. The summed E-state index contributed by atoms with van der Waals surface area (Å²) in [5, 5.41) is 13.5. The van der Waals surface area contributed by atoms with Crippen molar-refractivity contribution in [3.8, 4) is 28.6 Å². The molecule has 0 aliphatic heterocycles. The van der Waals surface area contributed by atoms with Gasteiger partial charge in [0, 0.05) is 11.1 Å². The minimum atomic E-state index is -0.00281. The predicted octanol–water partition coefficient (Wildman–Crippen LogP) is 2.69. The topological polar surface area (TPSA) is 85.2 Å². The van der Waals surface area contributed by atoms with Crippen molar-refractivity contribution in [1.29, 1.82) is 0 Å². The molecule has 0 unspecified atom stereocenters. The standard InChI is InChI=1S/C14H11N3O2/c15-11-7-6-10(8-12(11)18)14-16-13(17-19-14)9-4-2-1-3-5-9/h1-8,18H,15H2. The lowest BCUT2D eigenvalue weighted by atomic mass is 10.2. The molecule has 0 fully saturated rings. The van der Waals surface area contributed by atoms with Crippen LogP contribution in [-0.2, 0) is 0 Å². The van der Waals surface area contributed by atoms with E-state index in [4.69, 9.17) is 10.3 Å². The van der Waals surface area contributed by atoms with Crippen LogP contribution in [0.2, 0.25) is 0 Å². The van der Waals surface area contributed by atoms with Gasteiger partial charge in [0.1, 0.15) is 5.75 Å². The maximum Gasteiger partial charge on any atom is 0.258 e. The van der Waals surface area contributed by atoms with E-state index in [-0.39, 0.29) is 5.75 Å². The van der Waals surface area contributed by atoms with Gasteiger partial charge < -0.3 is 15.4 Å². The number of phenols is 1. The molecule has 0 spiro atoms. The molecular weight excluding hydrogens is 242 g/mol. The second-order valence-electron chi connectivity index (χ2n) is 4.06. The molecule has 0 saturated carbocycles. The fourth-order valence-electron chi connectivity index (χ4n) is 1.72. The number of nitrogens with two attached hydrogens (primary N) is 1. The molecule has 0 amide bonds. The third-order valence-electron chi connectivity index (χ3n) is 2.74. The first-order chi connectivity index (χ1) is 9.24. The zero-order valence-electron chi connectivity index (χ0n) is 9.95. The molecule has 0 bridgehead atoms. The summed E-state index contributed by atoms with van der Waals surface area (Å²) in [5.74, 6) is 0.845. The molecular formula is C14H11N3O2. The Kier molecular flexibility index (Phi) is 2.64. The lowest BCUT2D eigenvalue weighted by Crippen LogP contribution is -1.86. The van der Waals surface area contributed by atoms with Crippen LogP contribution in [-0.4, -0.2) is 15.2 Å².